The summed E-state index contributed by atoms with van der Waals surface area (Å²) in [5, 5.41) is 6.74. The molecule has 1 aromatic carbocycles. The number of fused-ring (bicyclic) bond motifs is 1. The van der Waals surface area contributed by atoms with Crippen LogP contribution in [0.5, 0.6) is 11.5 Å². The van der Waals surface area contributed by atoms with Crippen molar-refractivity contribution in [3.63, 3.8) is 0 Å². The number of amides is 1. The van der Waals surface area contributed by atoms with E-state index in [0.29, 0.717) is 36.3 Å². The number of hydrogen-bond acceptors (Lipinski definition) is 4. The summed E-state index contributed by atoms with van der Waals surface area (Å²) in [5.41, 5.74) is 1.10. The monoisotopic (exact) mass is 408 g/mol. The summed E-state index contributed by atoms with van der Waals surface area (Å²) in [6, 6.07) is 3.93. The average Bonchev–Trinajstić information content (AvgIpc) is 2.72. The Bertz CT molecular complexity index is 718. The number of guanidine groups is 1. The molecule has 3 rings (SSSR count). The molecular weight excluding hydrogens is 380 g/mol. The lowest BCUT2D eigenvalue weighted by molar-refractivity contribution is -0.121. The van der Waals surface area contributed by atoms with E-state index in [0.717, 1.165) is 56.2 Å². The SMILES string of the molecule is CN=C(NCCc1cc(Cl)c2c(c1)OCCO2)N1CCC(CC(=O)NC)CC1. The predicted molar refractivity (Wildman–Crippen MR) is 110 cm³/mol. The van der Waals surface area contributed by atoms with Crippen LogP contribution < -0.4 is 20.1 Å². The van der Waals surface area contributed by atoms with Crippen LogP contribution in [0, 0.1) is 5.92 Å². The van der Waals surface area contributed by atoms with Crippen molar-refractivity contribution in [2.75, 3.05) is 46.9 Å². The number of halogens is 1. The highest BCUT2D eigenvalue weighted by atomic mass is 35.5. The molecule has 1 amide bonds. The number of carbonyl (C=O) groups is 1. The molecule has 1 saturated heterocycles. The molecule has 0 spiro atoms. The van der Waals surface area contributed by atoms with Crippen LogP contribution in [-0.2, 0) is 11.2 Å². The van der Waals surface area contributed by atoms with E-state index in [4.69, 9.17) is 21.1 Å². The van der Waals surface area contributed by atoms with Crippen LogP contribution in [0.15, 0.2) is 17.1 Å². The molecule has 154 valence electrons. The third kappa shape index (κ3) is 5.22. The minimum atomic E-state index is 0.124. The number of aliphatic imine (C=N–C) groups is 1. The molecule has 2 aliphatic rings. The molecule has 1 fully saturated rings. The van der Waals surface area contributed by atoms with E-state index in [-0.39, 0.29) is 5.91 Å². The number of nitrogens with zero attached hydrogens (tertiary/aromatic N) is 2. The molecule has 2 N–H and O–H groups in total. The Morgan fingerprint density at radius 3 is 2.75 bits per heavy atom. The number of piperidine rings is 1. The fourth-order valence-electron chi connectivity index (χ4n) is 3.67. The standard InChI is InChI=1S/C20H29ClN4O3/c1-22-18(26)13-14-4-7-25(8-5-14)20(23-2)24-6-3-15-11-16(21)19-17(12-15)27-9-10-28-19/h11-12,14H,3-10,13H2,1-2H3,(H,22,26)(H,23,24). The van der Waals surface area contributed by atoms with Gasteiger partial charge in [0.15, 0.2) is 17.5 Å². The lowest BCUT2D eigenvalue weighted by atomic mass is 9.93. The lowest BCUT2D eigenvalue weighted by Crippen LogP contribution is -2.46. The Balaban J connectivity index is 1.48. The second-order valence-electron chi connectivity index (χ2n) is 7.13. The summed E-state index contributed by atoms with van der Waals surface area (Å²) in [5.74, 6) is 2.84. The lowest BCUT2D eigenvalue weighted by Gasteiger charge is -2.34. The van der Waals surface area contributed by atoms with E-state index >= 15 is 0 Å². The maximum Gasteiger partial charge on any atom is 0.220 e. The first-order valence-electron chi connectivity index (χ1n) is 9.85. The quantitative estimate of drug-likeness (QED) is 0.576. The van der Waals surface area contributed by atoms with Gasteiger partial charge in [0.25, 0.3) is 0 Å². The summed E-state index contributed by atoms with van der Waals surface area (Å²) < 4.78 is 11.2. The highest BCUT2D eigenvalue weighted by Crippen LogP contribution is 2.38. The zero-order valence-corrected chi connectivity index (χ0v) is 17.3. The van der Waals surface area contributed by atoms with Crippen molar-refractivity contribution in [3.8, 4) is 11.5 Å². The third-order valence-corrected chi connectivity index (χ3v) is 5.51. The van der Waals surface area contributed by atoms with Gasteiger partial charge in [0.05, 0.1) is 5.02 Å². The van der Waals surface area contributed by atoms with Crippen LogP contribution in [0.4, 0.5) is 0 Å². The summed E-state index contributed by atoms with van der Waals surface area (Å²) in [4.78, 5) is 18.2. The van der Waals surface area contributed by atoms with Crippen molar-refractivity contribution >= 4 is 23.5 Å². The number of carbonyl (C=O) groups excluding carboxylic acids is 1. The van der Waals surface area contributed by atoms with Crippen LogP contribution in [0.3, 0.4) is 0 Å². The topological polar surface area (TPSA) is 75.2 Å². The van der Waals surface area contributed by atoms with Crippen LogP contribution in [0.2, 0.25) is 5.02 Å². The summed E-state index contributed by atoms with van der Waals surface area (Å²) in [6.45, 7) is 3.66. The van der Waals surface area contributed by atoms with Gasteiger partial charge in [0.2, 0.25) is 5.91 Å². The molecule has 2 aliphatic heterocycles. The van der Waals surface area contributed by atoms with Gasteiger partial charge in [-0.15, -0.1) is 0 Å². The van der Waals surface area contributed by atoms with Gasteiger partial charge >= 0.3 is 0 Å². The minimum Gasteiger partial charge on any atom is -0.486 e. The van der Waals surface area contributed by atoms with Crippen molar-refractivity contribution in [1.82, 2.24) is 15.5 Å². The Morgan fingerprint density at radius 2 is 2.04 bits per heavy atom. The second-order valence-corrected chi connectivity index (χ2v) is 7.54. The van der Waals surface area contributed by atoms with Crippen molar-refractivity contribution in [1.29, 1.82) is 0 Å². The van der Waals surface area contributed by atoms with E-state index in [1.165, 1.54) is 0 Å². The first-order valence-corrected chi connectivity index (χ1v) is 10.2. The zero-order chi connectivity index (χ0) is 19.9. The van der Waals surface area contributed by atoms with Crippen LogP contribution in [-0.4, -0.2) is 63.7 Å². The van der Waals surface area contributed by atoms with Crippen molar-refractivity contribution in [3.05, 3.63) is 22.7 Å². The molecule has 0 saturated carbocycles. The largest absolute Gasteiger partial charge is 0.486 e. The van der Waals surface area contributed by atoms with Crippen molar-refractivity contribution in [2.45, 2.75) is 25.7 Å². The Morgan fingerprint density at radius 1 is 1.29 bits per heavy atom. The van der Waals surface area contributed by atoms with Gasteiger partial charge in [-0.2, -0.15) is 0 Å². The maximum absolute atomic E-state index is 11.6. The third-order valence-electron chi connectivity index (χ3n) is 5.23. The van der Waals surface area contributed by atoms with E-state index in [1.54, 1.807) is 14.1 Å². The van der Waals surface area contributed by atoms with Gasteiger partial charge in [-0.05, 0) is 42.9 Å². The Hall–Kier alpha value is -2.15. The number of ether oxygens (including phenoxy) is 2. The van der Waals surface area contributed by atoms with E-state index < -0.39 is 0 Å². The first kappa shape index (κ1) is 20.6. The molecule has 0 atom stereocenters. The predicted octanol–water partition coefficient (Wildman–Crippen LogP) is 2.08. The molecule has 1 aromatic rings. The number of likely N-dealkylation sites (tertiary alicyclic amines) is 1. The van der Waals surface area contributed by atoms with Gasteiger partial charge in [-0.1, -0.05) is 11.6 Å². The van der Waals surface area contributed by atoms with Gasteiger partial charge in [0.1, 0.15) is 13.2 Å². The van der Waals surface area contributed by atoms with E-state index in [9.17, 15) is 4.79 Å². The van der Waals surface area contributed by atoms with Crippen LogP contribution in [0.1, 0.15) is 24.8 Å². The second kappa shape index (κ2) is 9.87. The minimum absolute atomic E-state index is 0.124. The van der Waals surface area contributed by atoms with E-state index in [2.05, 4.69) is 20.5 Å². The fraction of sp³-hybridized carbons (Fsp3) is 0.600. The smallest absolute Gasteiger partial charge is 0.220 e. The fourth-order valence-corrected chi connectivity index (χ4v) is 3.96. The molecule has 28 heavy (non-hydrogen) atoms. The molecule has 0 radical (unpaired) electrons. The van der Waals surface area contributed by atoms with Crippen LogP contribution >= 0.6 is 11.6 Å². The number of rotatable bonds is 5. The summed E-state index contributed by atoms with van der Waals surface area (Å²) in [7, 11) is 3.50. The molecule has 2 heterocycles. The van der Waals surface area contributed by atoms with E-state index in [1.807, 2.05) is 12.1 Å². The van der Waals surface area contributed by atoms with Gasteiger partial charge in [-0.3, -0.25) is 9.79 Å². The Kier molecular flexibility index (Phi) is 7.25. The highest BCUT2D eigenvalue weighted by Gasteiger charge is 2.23. The molecule has 0 unspecified atom stereocenters. The first-order chi connectivity index (χ1) is 13.6. The van der Waals surface area contributed by atoms with Crippen molar-refractivity contribution in [2.24, 2.45) is 10.9 Å². The number of nitrogens with one attached hydrogen (secondary N) is 2. The zero-order valence-electron chi connectivity index (χ0n) is 16.6. The molecule has 0 bridgehead atoms. The highest BCUT2D eigenvalue weighted by molar-refractivity contribution is 6.32. The molecular formula is C20H29ClN4O3. The summed E-state index contributed by atoms with van der Waals surface area (Å²) in [6.07, 6.45) is 3.43. The maximum atomic E-state index is 11.6. The van der Waals surface area contributed by atoms with Gasteiger partial charge in [-0.25, -0.2) is 0 Å². The van der Waals surface area contributed by atoms with Gasteiger partial charge < -0.3 is 25.0 Å². The van der Waals surface area contributed by atoms with Gasteiger partial charge in [0, 0.05) is 40.2 Å². The summed E-state index contributed by atoms with van der Waals surface area (Å²) >= 11 is 6.31. The average molecular weight is 409 g/mol. The van der Waals surface area contributed by atoms with Crippen LogP contribution in [0.25, 0.3) is 0 Å². The number of benzene rings is 1. The van der Waals surface area contributed by atoms with Crippen molar-refractivity contribution < 1.29 is 14.3 Å². The molecule has 0 aromatic heterocycles. The molecule has 8 heteroatoms. The normalized spacial score (nSPS) is 17.4. The Labute approximate surface area is 171 Å². The number of hydrogen-bond donors (Lipinski definition) is 2. The molecule has 0 aliphatic carbocycles. The molecule has 7 nitrogen and oxygen atoms in total.